The number of aromatic amines is 1. The van der Waals surface area contributed by atoms with Crippen LogP contribution in [0.1, 0.15) is 35.7 Å². The minimum atomic E-state index is -0.359. The van der Waals surface area contributed by atoms with E-state index in [0.29, 0.717) is 31.2 Å². The highest BCUT2D eigenvalue weighted by atomic mass is 35.5. The first-order valence-electron chi connectivity index (χ1n) is 12.5. The van der Waals surface area contributed by atoms with Crippen molar-refractivity contribution in [1.82, 2.24) is 19.4 Å². The van der Waals surface area contributed by atoms with Gasteiger partial charge in [0.1, 0.15) is 18.4 Å². The number of aryl methyl sites for hydroxylation is 1. The van der Waals surface area contributed by atoms with Crippen LogP contribution in [0.25, 0.3) is 10.9 Å². The van der Waals surface area contributed by atoms with Gasteiger partial charge in [0, 0.05) is 54.2 Å². The zero-order valence-corrected chi connectivity index (χ0v) is 21.6. The van der Waals surface area contributed by atoms with Crippen molar-refractivity contribution in [2.75, 3.05) is 33.5 Å². The average Bonchev–Trinajstić information content (AvgIpc) is 3.56. The normalized spacial score (nSPS) is 15.1. The molecule has 5 rings (SSSR count). The number of hydrogen-bond acceptors (Lipinski definition) is 5. The molecule has 1 aliphatic rings. The molecule has 0 bridgehead atoms. The first-order valence-corrected chi connectivity index (χ1v) is 12.9. The fourth-order valence-corrected chi connectivity index (χ4v) is 5.02. The smallest absolute Gasteiger partial charge is 0.410 e. The third-order valence-corrected chi connectivity index (χ3v) is 6.91. The first-order chi connectivity index (χ1) is 18.1. The summed E-state index contributed by atoms with van der Waals surface area (Å²) < 4.78 is 18.6. The molecule has 8 nitrogen and oxygen atoms in total. The van der Waals surface area contributed by atoms with Crippen molar-refractivity contribution in [1.29, 1.82) is 0 Å². The Morgan fingerprint density at radius 2 is 2.00 bits per heavy atom. The average molecular weight is 523 g/mol. The molecule has 0 saturated heterocycles. The Hall–Kier alpha value is -3.49. The van der Waals surface area contributed by atoms with Crippen molar-refractivity contribution in [3.8, 4) is 5.75 Å². The van der Waals surface area contributed by atoms with Crippen LogP contribution in [-0.2, 0) is 22.4 Å². The highest BCUT2D eigenvalue weighted by Gasteiger charge is 2.35. The van der Waals surface area contributed by atoms with E-state index in [2.05, 4.69) is 14.5 Å². The van der Waals surface area contributed by atoms with Gasteiger partial charge in [0.05, 0.1) is 19.5 Å². The summed E-state index contributed by atoms with van der Waals surface area (Å²) in [5.41, 5.74) is 4.15. The lowest BCUT2D eigenvalue weighted by Crippen LogP contribution is -2.41. The highest BCUT2D eigenvalue weighted by molar-refractivity contribution is 6.31. The van der Waals surface area contributed by atoms with Gasteiger partial charge in [0.15, 0.2) is 0 Å². The van der Waals surface area contributed by atoms with Gasteiger partial charge in [-0.15, -0.1) is 0 Å². The second-order valence-electron chi connectivity index (χ2n) is 9.09. The summed E-state index contributed by atoms with van der Waals surface area (Å²) in [6, 6.07) is 13.5. The number of carbonyl (C=O) groups is 1. The number of benzene rings is 2. The number of halogens is 1. The summed E-state index contributed by atoms with van der Waals surface area (Å²) in [4.78, 5) is 22.5. The van der Waals surface area contributed by atoms with Crippen LogP contribution in [0.3, 0.4) is 0 Å². The van der Waals surface area contributed by atoms with Crippen LogP contribution in [0.5, 0.6) is 5.75 Å². The first kappa shape index (κ1) is 25.2. The summed E-state index contributed by atoms with van der Waals surface area (Å²) in [5.74, 6) is 0.806. The molecular weight excluding hydrogens is 492 g/mol. The number of amides is 1. The Kier molecular flexibility index (Phi) is 7.96. The summed E-state index contributed by atoms with van der Waals surface area (Å²) in [6.07, 6.45) is 7.91. The number of unbranched alkanes of at least 4 members (excludes halogenated alkanes) is 1. The van der Waals surface area contributed by atoms with Gasteiger partial charge in [0.25, 0.3) is 0 Å². The molecule has 1 aliphatic heterocycles. The van der Waals surface area contributed by atoms with Gasteiger partial charge in [-0.25, -0.2) is 9.78 Å². The third-order valence-electron chi connectivity index (χ3n) is 6.67. The molecule has 1 atom stereocenters. The van der Waals surface area contributed by atoms with Crippen LogP contribution >= 0.6 is 11.6 Å². The van der Waals surface area contributed by atoms with Gasteiger partial charge >= 0.3 is 6.09 Å². The molecule has 1 unspecified atom stereocenters. The van der Waals surface area contributed by atoms with Gasteiger partial charge in [-0.2, -0.15) is 0 Å². The summed E-state index contributed by atoms with van der Waals surface area (Å²) in [5, 5.41) is 1.79. The molecule has 2 aromatic heterocycles. The Labute approximate surface area is 221 Å². The van der Waals surface area contributed by atoms with E-state index < -0.39 is 0 Å². The summed E-state index contributed by atoms with van der Waals surface area (Å²) in [7, 11) is 1.59. The van der Waals surface area contributed by atoms with Gasteiger partial charge < -0.3 is 23.8 Å². The number of nitrogens with zero attached hydrogens (tertiary/aromatic N) is 3. The molecule has 194 valence electrons. The number of nitrogens with one attached hydrogen (secondary N) is 1. The Bertz CT molecular complexity index is 1320. The molecule has 9 heteroatoms. The number of imidazole rings is 1. The van der Waals surface area contributed by atoms with E-state index in [1.54, 1.807) is 18.2 Å². The van der Waals surface area contributed by atoms with E-state index in [1.807, 2.05) is 55.0 Å². The molecule has 37 heavy (non-hydrogen) atoms. The number of fused-ring (bicyclic) bond motifs is 3. The molecule has 0 fully saturated rings. The second kappa shape index (κ2) is 11.7. The van der Waals surface area contributed by atoms with Crippen molar-refractivity contribution in [3.63, 3.8) is 0 Å². The molecule has 2 aromatic carbocycles. The van der Waals surface area contributed by atoms with E-state index >= 15 is 0 Å². The molecule has 0 spiro atoms. The Morgan fingerprint density at radius 1 is 1.14 bits per heavy atom. The molecule has 4 aromatic rings. The molecule has 0 radical (unpaired) electrons. The maximum Gasteiger partial charge on any atom is 0.410 e. The maximum absolute atomic E-state index is 13.1. The van der Waals surface area contributed by atoms with Crippen molar-refractivity contribution in [3.05, 3.63) is 83.0 Å². The lowest BCUT2D eigenvalue weighted by Gasteiger charge is -2.35. The standard InChI is InChI=1S/C28H31ClN4O4/c1-35-16-17-37-28(34)33-13-10-23-24-18-21(29)6-9-25(24)31-26(23)27(33)20-4-7-22(8-5-20)36-15-3-2-12-32-14-11-30-19-32/h4-9,11,14,18-19,27,31H,2-3,10,12-13,15-17H2,1H3. The molecule has 1 N–H and O–H groups in total. The monoisotopic (exact) mass is 522 g/mol. The zero-order valence-electron chi connectivity index (χ0n) is 20.9. The predicted octanol–water partition coefficient (Wildman–Crippen LogP) is 5.61. The molecule has 0 aliphatic carbocycles. The third kappa shape index (κ3) is 5.76. The topological polar surface area (TPSA) is 81.6 Å². The largest absolute Gasteiger partial charge is 0.494 e. The lowest BCUT2D eigenvalue weighted by molar-refractivity contribution is 0.0629. The minimum Gasteiger partial charge on any atom is -0.494 e. The SMILES string of the molecule is COCCOC(=O)N1CCc2c([nH]c3ccc(Cl)cc23)C1c1ccc(OCCCCn2ccnc2)cc1. The highest BCUT2D eigenvalue weighted by Crippen LogP contribution is 2.39. The van der Waals surface area contributed by atoms with E-state index in [1.165, 1.54) is 5.56 Å². The van der Waals surface area contributed by atoms with Gasteiger partial charge in [-0.3, -0.25) is 4.90 Å². The Morgan fingerprint density at radius 3 is 2.78 bits per heavy atom. The van der Waals surface area contributed by atoms with E-state index in [4.69, 9.17) is 25.8 Å². The van der Waals surface area contributed by atoms with Crippen molar-refractivity contribution in [2.45, 2.75) is 31.8 Å². The Balaban J connectivity index is 1.33. The quantitative estimate of drug-likeness (QED) is 0.274. The van der Waals surface area contributed by atoms with Gasteiger partial charge in [-0.1, -0.05) is 23.7 Å². The van der Waals surface area contributed by atoms with Crippen LogP contribution in [0.2, 0.25) is 5.02 Å². The number of carbonyl (C=O) groups excluding carboxylic acids is 1. The number of aromatic nitrogens is 3. The van der Waals surface area contributed by atoms with E-state index in [-0.39, 0.29) is 18.7 Å². The fourth-order valence-electron chi connectivity index (χ4n) is 4.85. The van der Waals surface area contributed by atoms with Gasteiger partial charge in [-0.05, 0) is 60.7 Å². The molecule has 3 heterocycles. The molecular formula is C28H31ClN4O4. The number of hydrogen-bond donors (Lipinski definition) is 1. The van der Waals surface area contributed by atoms with Crippen LogP contribution < -0.4 is 4.74 Å². The predicted molar refractivity (Wildman–Crippen MR) is 142 cm³/mol. The van der Waals surface area contributed by atoms with Crippen LogP contribution in [-0.4, -0.2) is 59.0 Å². The van der Waals surface area contributed by atoms with E-state index in [0.717, 1.165) is 47.3 Å². The summed E-state index contributed by atoms with van der Waals surface area (Å²) >= 11 is 6.30. The van der Waals surface area contributed by atoms with Crippen LogP contribution in [0, 0.1) is 0 Å². The number of ether oxygens (including phenoxy) is 3. The van der Waals surface area contributed by atoms with Crippen molar-refractivity contribution < 1.29 is 19.0 Å². The zero-order chi connectivity index (χ0) is 25.6. The van der Waals surface area contributed by atoms with Crippen molar-refractivity contribution in [2.24, 2.45) is 0 Å². The number of rotatable bonds is 10. The molecule has 1 amide bonds. The van der Waals surface area contributed by atoms with Crippen LogP contribution in [0.4, 0.5) is 4.79 Å². The lowest BCUT2D eigenvalue weighted by atomic mass is 9.92. The van der Waals surface area contributed by atoms with Crippen molar-refractivity contribution >= 4 is 28.6 Å². The number of methoxy groups -OCH3 is 1. The van der Waals surface area contributed by atoms with Crippen LogP contribution in [0.15, 0.2) is 61.2 Å². The minimum absolute atomic E-state index is 0.210. The number of H-pyrrole nitrogens is 1. The summed E-state index contributed by atoms with van der Waals surface area (Å²) in [6.45, 7) is 2.68. The maximum atomic E-state index is 13.1. The van der Waals surface area contributed by atoms with Gasteiger partial charge in [0.2, 0.25) is 0 Å². The molecule has 0 saturated carbocycles. The fraction of sp³-hybridized carbons (Fsp3) is 0.357. The second-order valence-corrected chi connectivity index (χ2v) is 9.52. The van der Waals surface area contributed by atoms with E-state index in [9.17, 15) is 4.79 Å².